The van der Waals surface area contributed by atoms with Gasteiger partial charge in [0.05, 0.1) is 18.3 Å². The Bertz CT molecular complexity index is 1620. The molecule has 5 heterocycles. The fourth-order valence-corrected chi connectivity index (χ4v) is 7.64. The monoisotopic (exact) mass is 642 g/mol. The lowest BCUT2D eigenvalue weighted by atomic mass is 9.99. The van der Waals surface area contributed by atoms with Crippen molar-refractivity contribution in [3.63, 3.8) is 0 Å². The highest BCUT2D eigenvalue weighted by Crippen LogP contribution is 2.36. The highest BCUT2D eigenvalue weighted by molar-refractivity contribution is 5.97. The second-order valence-corrected chi connectivity index (χ2v) is 13.5. The Hall–Kier alpha value is -3.80. The molecule has 0 bridgehead atoms. The van der Waals surface area contributed by atoms with Gasteiger partial charge in [0.1, 0.15) is 18.6 Å². The number of carbonyl (C=O) groups is 1. The zero-order valence-electron chi connectivity index (χ0n) is 27.7. The third kappa shape index (κ3) is 6.66. The number of hydrogen-bond acceptors (Lipinski definition) is 9. The summed E-state index contributed by atoms with van der Waals surface area (Å²) in [6.45, 7) is 8.94. The summed E-state index contributed by atoms with van der Waals surface area (Å²) < 4.78 is 19.5. The summed E-state index contributed by atoms with van der Waals surface area (Å²) in [4.78, 5) is 34.2. The molecule has 2 N–H and O–H groups in total. The number of halogens is 1. The van der Waals surface area contributed by atoms with E-state index in [-0.39, 0.29) is 11.9 Å². The topological polar surface area (TPSA) is 94.3 Å². The van der Waals surface area contributed by atoms with Crippen LogP contribution in [0.25, 0.3) is 10.8 Å². The van der Waals surface area contributed by atoms with Crippen LogP contribution in [0.4, 0.5) is 15.9 Å². The summed E-state index contributed by atoms with van der Waals surface area (Å²) >= 11 is 0. The van der Waals surface area contributed by atoms with Gasteiger partial charge in [0, 0.05) is 81.1 Å². The molecule has 250 valence electrons. The number of nitrogens with zero attached hydrogens (tertiary/aromatic N) is 7. The van der Waals surface area contributed by atoms with Crippen LogP contribution in [0.1, 0.15) is 29.7 Å². The number of piperazine rings is 1. The third-order valence-electron chi connectivity index (χ3n) is 10.4. The zero-order chi connectivity index (χ0) is 32.5. The van der Waals surface area contributed by atoms with Crippen molar-refractivity contribution in [3.8, 4) is 6.01 Å². The van der Waals surface area contributed by atoms with Gasteiger partial charge in [0.2, 0.25) is 5.91 Å². The Balaban J connectivity index is 1.13. The fraction of sp³-hybridized carbons (Fsp3) is 0.528. The summed E-state index contributed by atoms with van der Waals surface area (Å²) in [5, 5.41) is 2.52. The van der Waals surface area contributed by atoms with Crippen molar-refractivity contribution in [1.82, 2.24) is 24.7 Å². The summed E-state index contributed by atoms with van der Waals surface area (Å²) in [7, 11) is 2.15. The second kappa shape index (κ2) is 13.7. The number of alkyl halides is 1. The summed E-state index contributed by atoms with van der Waals surface area (Å²) in [5.74, 6) is 0.853. The number of aromatic nitrogens is 2. The lowest BCUT2D eigenvalue weighted by molar-refractivity contribution is -0.128. The Morgan fingerprint density at radius 3 is 2.64 bits per heavy atom. The van der Waals surface area contributed by atoms with E-state index in [0.717, 1.165) is 43.0 Å². The van der Waals surface area contributed by atoms with E-state index >= 15 is 0 Å². The normalized spacial score (nSPS) is 22.7. The first-order valence-corrected chi connectivity index (χ1v) is 17.1. The van der Waals surface area contributed by atoms with Crippen molar-refractivity contribution in [2.75, 3.05) is 82.4 Å². The van der Waals surface area contributed by atoms with Crippen LogP contribution in [0.15, 0.2) is 48.6 Å². The molecule has 3 saturated heterocycles. The van der Waals surface area contributed by atoms with Gasteiger partial charge in [-0.2, -0.15) is 9.97 Å². The maximum Gasteiger partial charge on any atom is 0.318 e. The number of likely N-dealkylation sites (tertiary alicyclic amines) is 2. The van der Waals surface area contributed by atoms with E-state index in [9.17, 15) is 9.18 Å². The Morgan fingerprint density at radius 2 is 1.87 bits per heavy atom. The quantitative estimate of drug-likeness (QED) is 0.354. The van der Waals surface area contributed by atoms with Crippen molar-refractivity contribution < 1.29 is 13.9 Å². The first-order valence-electron chi connectivity index (χ1n) is 17.1. The molecule has 1 aromatic heterocycles. The Morgan fingerprint density at radius 1 is 1.04 bits per heavy atom. The van der Waals surface area contributed by atoms with Gasteiger partial charge in [-0.25, -0.2) is 4.39 Å². The maximum atomic E-state index is 13.2. The van der Waals surface area contributed by atoms with E-state index in [1.807, 2.05) is 15.9 Å². The number of likely N-dealkylation sites (N-methyl/N-ethyl adjacent to an activating group) is 1. The van der Waals surface area contributed by atoms with Gasteiger partial charge in [0.15, 0.2) is 0 Å². The molecule has 0 saturated carbocycles. The van der Waals surface area contributed by atoms with Gasteiger partial charge in [-0.1, -0.05) is 36.4 Å². The minimum atomic E-state index is -0.748. The molecule has 0 radical (unpaired) electrons. The predicted octanol–water partition coefficient (Wildman–Crippen LogP) is 3.16. The van der Waals surface area contributed by atoms with Gasteiger partial charge in [-0.3, -0.25) is 9.69 Å². The Kier molecular flexibility index (Phi) is 9.29. The highest BCUT2D eigenvalue weighted by Gasteiger charge is 2.33. The molecule has 47 heavy (non-hydrogen) atoms. The smallest absolute Gasteiger partial charge is 0.318 e. The summed E-state index contributed by atoms with van der Waals surface area (Å²) in [6.07, 6.45) is 5.80. The van der Waals surface area contributed by atoms with E-state index in [1.165, 1.54) is 28.4 Å². The first kappa shape index (κ1) is 31.8. The number of carbonyl (C=O) groups excluding carboxylic acids is 1. The standard InChI is InChI=1S/C36H47FN8O2/c1-25-7-3-8-26-9-4-11-32(34(25)26)43-16-13-30-31(23-43)39-36(47-24-28-10-5-14-41(28)2)40-35(30)44-17-18-45(29(19-38)22-44)33(46)12-6-15-42-20-27(37)21-42/h3-4,6-9,11-12,27-29H,5,10,13-24,38H2,1-2H3/b12-6+/t28-,29-/m0/s1. The van der Waals surface area contributed by atoms with Gasteiger partial charge in [0.25, 0.3) is 0 Å². The van der Waals surface area contributed by atoms with Gasteiger partial charge in [-0.05, 0) is 56.8 Å². The number of rotatable bonds is 9. The molecule has 2 aromatic carbocycles. The average molecular weight is 643 g/mol. The zero-order valence-corrected chi connectivity index (χ0v) is 27.7. The summed E-state index contributed by atoms with van der Waals surface area (Å²) in [6, 6.07) is 13.6. The number of amides is 1. The van der Waals surface area contributed by atoms with Crippen LogP contribution in [0.5, 0.6) is 6.01 Å². The molecule has 0 aliphatic carbocycles. The molecule has 2 atom stereocenters. The molecule has 4 aliphatic rings. The van der Waals surface area contributed by atoms with E-state index in [0.29, 0.717) is 71.0 Å². The van der Waals surface area contributed by atoms with Crippen LogP contribution in [0.3, 0.4) is 0 Å². The fourth-order valence-electron chi connectivity index (χ4n) is 7.64. The molecule has 1 amide bonds. The van der Waals surface area contributed by atoms with Gasteiger partial charge < -0.3 is 30.1 Å². The molecule has 10 nitrogen and oxygen atoms in total. The van der Waals surface area contributed by atoms with Crippen molar-refractivity contribution >= 4 is 28.2 Å². The number of nitrogens with two attached hydrogens (primary N) is 1. The van der Waals surface area contributed by atoms with Crippen LogP contribution in [0, 0.1) is 6.92 Å². The lowest BCUT2D eigenvalue weighted by Crippen LogP contribution is -2.58. The lowest BCUT2D eigenvalue weighted by Gasteiger charge is -2.42. The summed E-state index contributed by atoms with van der Waals surface area (Å²) in [5.41, 5.74) is 10.9. The van der Waals surface area contributed by atoms with E-state index in [1.54, 1.807) is 6.08 Å². The second-order valence-electron chi connectivity index (χ2n) is 13.5. The van der Waals surface area contributed by atoms with Crippen LogP contribution >= 0.6 is 0 Å². The molecule has 4 aliphatic heterocycles. The number of aryl methyl sites for hydroxylation is 1. The molecular weight excluding hydrogens is 595 g/mol. The third-order valence-corrected chi connectivity index (χ3v) is 10.4. The molecular formula is C36H47FN8O2. The van der Waals surface area contributed by atoms with Crippen LogP contribution < -0.4 is 20.3 Å². The Labute approximate surface area is 277 Å². The first-order chi connectivity index (χ1) is 22.9. The van der Waals surface area contributed by atoms with Crippen LogP contribution in [-0.4, -0.2) is 121 Å². The average Bonchev–Trinajstić information content (AvgIpc) is 3.49. The SMILES string of the molecule is Cc1cccc2cccc(N3CCc4c(nc(OC[C@@H]5CCCN5C)nc4N4CCN(C(=O)/C=C/CN5CC(F)C5)[C@@H](CN)C4)C3)c12. The van der Waals surface area contributed by atoms with Crippen molar-refractivity contribution in [3.05, 3.63) is 65.4 Å². The van der Waals surface area contributed by atoms with Crippen LogP contribution in [0.2, 0.25) is 0 Å². The van der Waals surface area contributed by atoms with E-state index < -0.39 is 6.17 Å². The van der Waals surface area contributed by atoms with Gasteiger partial charge in [-0.15, -0.1) is 0 Å². The largest absolute Gasteiger partial charge is 0.462 e. The molecule has 0 spiro atoms. The number of benzene rings is 2. The minimum absolute atomic E-state index is 0.0483. The van der Waals surface area contributed by atoms with Gasteiger partial charge >= 0.3 is 6.01 Å². The van der Waals surface area contributed by atoms with Crippen LogP contribution in [-0.2, 0) is 17.8 Å². The number of anilines is 2. The molecule has 7 rings (SSSR count). The molecule has 11 heteroatoms. The molecule has 3 fully saturated rings. The number of fused-ring (bicyclic) bond motifs is 2. The number of hydrogen-bond donors (Lipinski definition) is 1. The van der Waals surface area contributed by atoms with Crippen molar-refractivity contribution in [1.29, 1.82) is 0 Å². The number of ether oxygens (including phenoxy) is 1. The van der Waals surface area contributed by atoms with Crippen molar-refractivity contribution in [2.45, 2.75) is 51.0 Å². The maximum absolute atomic E-state index is 13.2. The predicted molar refractivity (Wildman–Crippen MR) is 184 cm³/mol. The highest BCUT2D eigenvalue weighted by atomic mass is 19.1. The molecule has 3 aromatic rings. The van der Waals surface area contributed by atoms with E-state index in [4.69, 9.17) is 20.4 Å². The van der Waals surface area contributed by atoms with E-state index in [2.05, 4.69) is 65.1 Å². The molecule has 0 unspecified atom stereocenters. The minimum Gasteiger partial charge on any atom is -0.462 e. The van der Waals surface area contributed by atoms with Crippen molar-refractivity contribution in [2.24, 2.45) is 5.73 Å².